The van der Waals surface area contributed by atoms with Crippen molar-refractivity contribution >= 4 is 17.3 Å². The highest BCUT2D eigenvalue weighted by Crippen LogP contribution is 2.39. The van der Waals surface area contributed by atoms with Crippen LogP contribution in [-0.4, -0.2) is 37.6 Å². The molecule has 0 saturated carbocycles. The minimum absolute atomic E-state index is 0.397. The Kier molecular flexibility index (Phi) is 4.02. The third kappa shape index (κ3) is 2.74. The first kappa shape index (κ1) is 15.0. The van der Waals surface area contributed by atoms with Crippen LogP contribution >= 0.6 is 11.6 Å². The Morgan fingerprint density at radius 3 is 2.83 bits per heavy atom. The highest BCUT2D eigenvalue weighted by atomic mass is 35.5. The van der Waals surface area contributed by atoms with E-state index in [-0.39, 0.29) is 0 Å². The number of halogens is 1. The van der Waals surface area contributed by atoms with E-state index in [1.807, 2.05) is 6.07 Å². The predicted octanol–water partition coefficient (Wildman–Crippen LogP) is 3.07. The molecule has 2 heterocycles. The summed E-state index contributed by atoms with van der Waals surface area (Å²) >= 11 is 6.26. The Bertz CT molecular complexity index is 716. The number of hydrogen-bond acceptors (Lipinski definition) is 3. The van der Waals surface area contributed by atoms with Crippen LogP contribution < -0.4 is 10.6 Å². The van der Waals surface area contributed by atoms with Gasteiger partial charge >= 0.3 is 0 Å². The van der Waals surface area contributed by atoms with Crippen LogP contribution in [0.15, 0.2) is 42.5 Å². The molecule has 2 aliphatic heterocycles. The molecule has 3 nitrogen and oxygen atoms in total. The molecule has 0 aromatic heterocycles. The topological polar surface area (TPSA) is 32.5 Å². The zero-order valence-electron chi connectivity index (χ0n) is 13.2. The average molecular weight is 328 g/mol. The molecule has 0 bridgehead atoms. The summed E-state index contributed by atoms with van der Waals surface area (Å²) in [6.45, 7) is 4.84. The maximum absolute atomic E-state index is 6.26. The van der Waals surface area contributed by atoms with Crippen molar-refractivity contribution in [2.75, 3.05) is 37.6 Å². The number of benzene rings is 2. The smallest absolute Gasteiger partial charge is 0.0672 e. The number of nitrogens with two attached hydrogens (primary N) is 1. The third-order valence-corrected chi connectivity index (χ3v) is 5.29. The summed E-state index contributed by atoms with van der Waals surface area (Å²) in [7, 11) is 0. The van der Waals surface area contributed by atoms with E-state index in [1.54, 1.807) is 0 Å². The quantitative estimate of drug-likeness (QED) is 0.920. The van der Waals surface area contributed by atoms with Gasteiger partial charge in [-0.3, -0.25) is 4.90 Å². The Morgan fingerprint density at radius 2 is 1.96 bits per heavy atom. The molecular formula is C19H22ClN3. The summed E-state index contributed by atoms with van der Waals surface area (Å²) in [6.07, 6.45) is 0.954. The Hall–Kier alpha value is -1.55. The van der Waals surface area contributed by atoms with Gasteiger partial charge in [0.2, 0.25) is 0 Å². The van der Waals surface area contributed by atoms with Gasteiger partial charge in [-0.1, -0.05) is 35.9 Å². The molecule has 4 rings (SSSR count). The molecule has 0 radical (unpaired) electrons. The number of piperazine rings is 1. The van der Waals surface area contributed by atoms with E-state index < -0.39 is 0 Å². The van der Waals surface area contributed by atoms with E-state index in [0.717, 1.165) is 44.2 Å². The second-order valence-electron chi connectivity index (χ2n) is 6.45. The van der Waals surface area contributed by atoms with Gasteiger partial charge in [-0.2, -0.15) is 0 Å². The number of nitrogens with zero attached hydrogens (tertiary/aromatic N) is 2. The molecule has 0 unspecified atom stereocenters. The van der Waals surface area contributed by atoms with Crippen molar-refractivity contribution in [1.29, 1.82) is 0 Å². The molecule has 0 spiro atoms. The van der Waals surface area contributed by atoms with Crippen molar-refractivity contribution in [2.24, 2.45) is 5.73 Å². The third-order valence-electron chi connectivity index (χ3n) is 5.06. The van der Waals surface area contributed by atoms with Gasteiger partial charge < -0.3 is 10.6 Å². The lowest BCUT2D eigenvalue weighted by molar-refractivity contribution is 0.229. The summed E-state index contributed by atoms with van der Waals surface area (Å²) < 4.78 is 0. The molecule has 2 aromatic carbocycles. The predicted molar refractivity (Wildman–Crippen MR) is 96.3 cm³/mol. The fourth-order valence-electron chi connectivity index (χ4n) is 3.98. The normalized spacial score (nSPS) is 20.4. The Balaban J connectivity index is 1.81. The van der Waals surface area contributed by atoms with Gasteiger partial charge in [-0.15, -0.1) is 0 Å². The Morgan fingerprint density at radius 1 is 1.09 bits per heavy atom. The minimum atomic E-state index is 0.397. The Labute approximate surface area is 142 Å². The van der Waals surface area contributed by atoms with E-state index in [9.17, 15) is 0 Å². The number of hydrogen-bond donors (Lipinski definition) is 1. The standard InChI is InChI=1S/C19H22ClN3/c20-16-5-6-18-15(12-16)11-14-3-1-2-4-17(14)19-13-22(8-7-21)9-10-23(18)19/h1-6,12,19H,7-11,13,21H2/t19-/m1/s1. The van der Waals surface area contributed by atoms with Gasteiger partial charge in [0.1, 0.15) is 0 Å². The van der Waals surface area contributed by atoms with Crippen molar-refractivity contribution < 1.29 is 0 Å². The molecule has 2 aromatic rings. The van der Waals surface area contributed by atoms with Crippen molar-refractivity contribution in [2.45, 2.75) is 12.5 Å². The average Bonchev–Trinajstić information content (AvgIpc) is 2.69. The van der Waals surface area contributed by atoms with Gasteiger partial charge in [0.05, 0.1) is 6.04 Å². The fraction of sp³-hybridized carbons (Fsp3) is 0.368. The first-order valence-corrected chi connectivity index (χ1v) is 8.69. The van der Waals surface area contributed by atoms with Gasteiger partial charge in [0.25, 0.3) is 0 Å². The van der Waals surface area contributed by atoms with Crippen molar-refractivity contribution in [3.63, 3.8) is 0 Å². The molecular weight excluding hydrogens is 306 g/mol. The van der Waals surface area contributed by atoms with Crippen LogP contribution in [0.5, 0.6) is 0 Å². The molecule has 2 aliphatic rings. The first-order valence-electron chi connectivity index (χ1n) is 8.31. The van der Waals surface area contributed by atoms with Crippen LogP contribution in [0, 0.1) is 0 Å². The summed E-state index contributed by atoms with van der Waals surface area (Å²) in [6, 6.07) is 15.6. The van der Waals surface area contributed by atoms with Crippen molar-refractivity contribution in [3.05, 3.63) is 64.2 Å². The lowest BCUT2D eigenvalue weighted by atomic mass is 9.96. The lowest BCUT2D eigenvalue weighted by Gasteiger charge is -2.43. The van der Waals surface area contributed by atoms with Gasteiger partial charge in [0, 0.05) is 43.4 Å². The molecule has 23 heavy (non-hydrogen) atoms. The van der Waals surface area contributed by atoms with E-state index in [1.165, 1.54) is 22.4 Å². The van der Waals surface area contributed by atoms with Gasteiger partial charge in [-0.05, 0) is 41.3 Å². The zero-order chi connectivity index (χ0) is 15.8. The highest BCUT2D eigenvalue weighted by molar-refractivity contribution is 6.30. The highest BCUT2D eigenvalue weighted by Gasteiger charge is 2.32. The number of fused-ring (bicyclic) bond motifs is 5. The molecule has 0 aliphatic carbocycles. The van der Waals surface area contributed by atoms with Gasteiger partial charge in [0.15, 0.2) is 0 Å². The van der Waals surface area contributed by atoms with Crippen LogP contribution in [-0.2, 0) is 6.42 Å². The zero-order valence-corrected chi connectivity index (χ0v) is 14.0. The molecule has 1 fully saturated rings. The summed E-state index contributed by atoms with van der Waals surface area (Å²) in [5, 5.41) is 0.821. The summed E-state index contributed by atoms with van der Waals surface area (Å²) in [5.74, 6) is 0. The van der Waals surface area contributed by atoms with E-state index >= 15 is 0 Å². The van der Waals surface area contributed by atoms with Crippen LogP contribution in [0.2, 0.25) is 5.02 Å². The maximum atomic E-state index is 6.26. The summed E-state index contributed by atoms with van der Waals surface area (Å²) in [4.78, 5) is 5.05. The summed E-state index contributed by atoms with van der Waals surface area (Å²) in [5.41, 5.74) is 11.3. The first-order chi connectivity index (χ1) is 11.3. The molecule has 0 amide bonds. The number of rotatable bonds is 2. The largest absolute Gasteiger partial charge is 0.362 e. The van der Waals surface area contributed by atoms with E-state index in [4.69, 9.17) is 17.3 Å². The second-order valence-corrected chi connectivity index (χ2v) is 6.88. The van der Waals surface area contributed by atoms with E-state index in [2.05, 4.69) is 46.2 Å². The van der Waals surface area contributed by atoms with Crippen LogP contribution in [0.3, 0.4) is 0 Å². The minimum Gasteiger partial charge on any atom is -0.362 e. The maximum Gasteiger partial charge on any atom is 0.0672 e. The fourth-order valence-corrected chi connectivity index (χ4v) is 4.18. The molecule has 1 saturated heterocycles. The van der Waals surface area contributed by atoms with Crippen molar-refractivity contribution in [3.8, 4) is 0 Å². The van der Waals surface area contributed by atoms with Crippen LogP contribution in [0.4, 0.5) is 5.69 Å². The molecule has 120 valence electrons. The lowest BCUT2D eigenvalue weighted by Crippen LogP contribution is -2.49. The molecule has 4 heteroatoms. The van der Waals surface area contributed by atoms with Gasteiger partial charge in [-0.25, -0.2) is 0 Å². The molecule has 1 atom stereocenters. The SMILES string of the molecule is NCCN1CCN2c3ccc(Cl)cc3Cc3ccccc3[C@H]2C1. The van der Waals surface area contributed by atoms with E-state index in [0.29, 0.717) is 6.04 Å². The monoisotopic (exact) mass is 327 g/mol. The second kappa shape index (κ2) is 6.16. The molecule has 2 N–H and O–H groups in total. The van der Waals surface area contributed by atoms with Crippen molar-refractivity contribution in [1.82, 2.24) is 4.90 Å². The van der Waals surface area contributed by atoms with Crippen LogP contribution in [0.25, 0.3) is 0 Å². The van der Waals surface area contributed by atoms with Crippen LogP contribution in [0.1, 0.15) is 22.7 Å². The number of anilines is 1.